The van der Waals surface area contributed by atoms with E-state index >= 15 is 0 Å². The number of carboxylic acid groups (broad SMARTS) is 2. The second-order valence-electron chi connectivity index (χ2n) is 3.15. The van der Waals surface area contributed by atoms with Gasteiger partial charge in [0.2, 0.25) is 0 Å². The summed E-state index contributed by atoms with van der Waals surface area (Å²) < 4.78 is 0. The quantitative estimate of drug-likeness (QED) is 0.373. The Labute approximate surface area is 123 Å². The van der Waals surface area contributed by atoms with Gasteiger partial charge in [0.15, 0.2) is 0 Å². The summed E-state index contributed by atoms with van der Waals surface area (Å²) in [6.07, 6.45) is -0.676. The van der Waals surface area contributed by atoms with Crippen LogP contribution in [-0.2, 0) is 26.1 Å². The molecule has 0 radical (unpaired) electrons. The Kier molecular flexibility index (Phi) is 42.3. The summed E-state index contributed by atoms with van der Waals surface area (Å²) in [6, 6.07) is 0. The molecule has 0 aromatic heterocycles. The minimum absolute atomic E-state index is 0. The number of aliphatic carboxylic acids is 2. The Balaban J connectivity index is -0.0000000453. The summed E-state index contributed by atoms with van der Waals surface area (Å²) in [5.41, 5.74) is 9.84. The van der Waals surface area contributed by atoms with Gasteiger partial charge in [0.25, 0.3) is 0 Å². The van der Waals surface area contributed by atoms with Crippen LogP contribution in [0.15, 0.2) is 0 Å². The van der Waals surface area contributed by atoms with Crippen LogP contribution in [0.3, 0.4) is 0 Å². The van der Waals surface area contributed by atoms with E-state index in [9.17, 15) is 0 Å². The summed E-state index contributed by atoms with van der Waals surface area (Å²) >= 11 is 0. The van der Waals surface area contributed by atoms with Crippen molar-refractivity contribution in [3.63, 3.8) is 0 Å². The van der Waals surface area contributed by atoms with Crippen LogP contribution in [0.5, 0.6) is 0 Å². The van der Waals surface area contributed by atoms with Gasteiger partial charge >= 0.3 is 16.5 Å². The van der Waals surface area contributed by atoms with Crippen LogP contribution < -0.4 is 21.7 Å². The molecule has 9 heteroatoms. The van der Waals surface area contributed by atoms with E-state index in [2.05, 4.69) is 0 Å². The largest absolute Gasteiger partial charge is 2.00 e. The average molecular weight is 327 g/mol. The van der Waals surface area contributed by atoms with Gasteiger partial charge in [-0.3, -0.25) is 0 Å². The third kappa shape index (κ3) is 376. The zero-order valence-corrected chi connectivity index (χ0v) is 12.6. The molecular formula is C10H24N2NiO6. The van der Waals surface area contributed by atoms with Gasteiger partial charge in [0.1, 0.15) is 0 Å². The second kappa shape index (κ2) is 26.0. The Bertz CT molecular complexity index is 163. The fraction of sp³-hybridized carbons (Fsp3) is 0.800. The van der Waals surface area contributed by atoms with Crippen molar-refractivity contribution in [3.8, 4) is 0 Å². The first-order valence-electron chi connectivity index (χ1n) is 5.12. The number of nitrogens with two attached hydrogens (primary N) is 2. The minimum atomic E-state index is -1.08. The van der Waals surface area contributed by atoms with Gasteiger partial charge in [-0.25, -0.2) is 0 Å². The van der Waals surface area contributed by atoms with Crippen LogP contribution in [-0.4, -0.2) is 47.4 Å². The Morgan fingerprint density at radius 3 is 1.00 bits per heavy atom. The van der Waals surface area contributed by atoms with Crippen LogP contribution in [0.4, 0.5) is 0 Å². The van der Waals surface area contributed by atoms with Crippen LogP contribution >= 0.6 is 0 Å². The maximum Gasteiger partial charge on any atom is 2.00 e. The van der Waals surface area contributed by atoms with E-state index in [1.807, 2.05) is 0 Å². The zero-order valence-electron chi connectivity index (χ0n) is 11.6. The van der Waals surface area contributed by atoms with Crippen molar-refractivity contribution >= 4 is 11.9 Å². The molecule has 0 aromatic carbocycles. The van der Waals surface area contributed by atoms with Gasteiger partial charge in [-0.05, 0) is 27.7 Å². The minimum Gasteiger partial charge on any atom is -0.550 e. The predicted octanol–water partition coefficient (Wildman–Crippen LogP) is -3.84. The second-order valence-corrected chi connectivity index (χ2v) is 3.15. The fourth-order valence-electron chi connectivity index (χ4n) is 0. The van der Waals surface area contributed by atoms with Gasteiger partial charge in [-0.15, -0.1) is 0 Å². The molecule has 0 heterocycles. The fourth-order valence-corrected chi connectivity index (χ4v) is 0. The molecule has 0 saturated heterocycles. The molecule has 2 atom stereocenters. The van der Waals surface area contributed by atoms with E-state index in [1.54, 1.807) is 13.8 Å². The number of hydrogen-bond acceptors (Lipinski definition) is 8. The molecule has 0 aliphatic heterocycles. The molecule has 19 heavy (non-hydrogen) atoms. The summed E-state index contributed by atoms with van der Waals surface area (Å²) in [7, 11) is 0. The van der Waals surface area contributed by atoms with E-state index in [0.717, 1.165) is 13.8 Å². The van der Waals surface area contributed by atoms with E-state index in [4.69, 9.17) is 41.5 Å². The molecule has 0 rings (SSSR count). The Morgan fingerprint density at radius 2 is 1.00 bits per heavy atom. The standard InChI is InChI=1S/2C3H9NO.2C2H4O2.Ni/c2*1-3(5)2-4;2*1-2(3)4;/h2*3,5H,2,4H2,1H3;2*1H3,(H,3,4);/q;;;;+2/p-2. The van der Waals surface area contributed by atoms with E-state index in [0.29, 0.717) is 13.1 Å². The normalized spacial score (nSPS) is 10.5. The molecule has 0 bridgehead atoms. The van der Waals surface area contributed by atoms with E-state index < -0.39 is 11.9 Å². The van der Waals surface area contributed by atoms with Gasteiger partial charge in [0, 0.05) is 25.0 Å². The van der Waals surface area contributed by atoms with Gasteiger partial charge < -0.3 is 41.5 Å². The Hall–Kier alpha value is -0.726. The zero-order chi connectivity index (χ0) is 15.7. The predicted molar refractivity (Wildman–Crippen MR) is 62.8 cm³/mol. The maximum absolute atomic E-state index is 8.89. The van der Waals surface area contributed by atoms with Crippen molar-refractivity contribution < 1.29 is 46.5 Å². The molecule has 0 aromatic rings. The smallest absolute Gasteiger partial charge is 0.550 e. The van der Waals surface area contributed by atoms with Crippen molar-refractivity contribution in [1.82, 2.24) is 0 Å². The van der Waals surface area contributed by atoms with Crippen molar-refractivity contribution in [3.05, 3.63) is 0 Å². The Morgan fingerprint density at radius 1 is 0.947 bits per heavy atom. The third-order valence-corrected chi connectivity index (χ3v) is 0.682. The molecule has 120 valence electrons. The van der Waals surface area contributed by atoms with Gasteiger partial charge in [0.05, 0.1) is 12.2 Å². The third-order valence-electron chi connectivity index (χ3n) is 0.682. The molecule has 8 nitrogen and oxygen atoms in total. The van der Waals surface area contributed by atoms with E-state index in [1.165, 1.54) is 0 Å². The maximum atomic E-state index is 8.89. The SMILES string of the molecule is CC(=O)[O-].CC(=O)[O-].CC(O)CN.CC(O)CN.[Ni+2]. The molecule has 6 N–H and O–H groups in total. The first-order chi connectivity index (χ1) is 8.00. The first-order valence-corrected chi connectivity index (χ1v) is 5.12. The molecular weight excluding hydrogens is 303 g/mol. The van der Waals surface area contributed by atoms with E-state index in [-0.39, 0.29) is 28.7 Å². The number of hydrogen-bond donors (Lipinski definition) is 4. The van der Waals surface area contributed by atoms with Crippen LogP contribution in [0.25, 0.3) is 0 Å². The molecule has 0 aliphatic rings. The molecule has 0 amide bonds. The van der Waals surface area contributed by atoms with Crippen molar-refractivity contribution in [2.24, 2.45) is 11.5 Å². The molecule has 0 fully saturated rings. The number of aliphatic hydroxyl groups excluding tert-OH is 2. The summed E-state index contributed by atoms with van der Waals surface area (Å²) in [5, 5.41) is 34.2. The van der Waals surface area contributed by atoms with Gasteiger partial charge in [-0.1, -0.05) is 0 Å². The van der Waals surface area contributed by atoms with Crippen molar-refractivity contribution in [2.45, 2.75) is 39.9 Å². The molecule has 2 unspecified atom stereocenters. The summed E-state index contributed by atoms with van der Waals surface area (Å²) in [5.74, 6) is -2.17. The van der Waals surface area contributed by atoms with Crippen molar-refractivity contribution in [1.29, 1.82) is 0 Å². The number of carbonyl (C=O) groups excluding carboxylic acids is 2. The molecule has 0 saturated carbocycles. The average Bonchev–Trinajstić information content (AvgIpc) is 2.16. The first kappa shape index (κ1) is 30.9. The molecule has 0 spiro atoms. The number of rotatable bonds is 2. The number of carboxylic acids is 2. The van der Waals surface area contributed by atoms with Crippen LogP contribution in [0, 0.1) is 0 Å². The van der Waals surface area contributed by atoms with Crippen LogP contribution in [0.1, 0.15) is 27.7 Å². The number of aliphatic hydroxyl groups is 2. The topological polar surface area (TPSA) is 173 Å². The monoisotopic (exact) mass is 326 g/mol. The van der Waals surface area contributed by atoms with Crippen LogP contribution in [0.2, 0.25) is 0 Å². The summed E-state index contributed by atoms with van der Waals surface area (Å²) in [6.45, 7) is 5.97. The summed E-state index contributed by atoms with van der Waals surface area (Å²) in [4.78, 5) is 17.8. The van der Waals surface area contributed by atoms with Gasteiger partial charge in [-0.2, -0.15) is 0 Å². The van der Waals surface area contributed by atoms with Crippen molar-refractivity contribution in [2.75, 3.05) is 13.1 Å². The molecule has 0 aliphatic carbocycles. The number of carbonyl (C=O) groups is 2.